The molecule has 0 unspecified atom stereocenters. The van der Waals surface area contributed by atoms with E-state index >= 15 is 0 Å². The summed E-state index contributed by atoms with van der Waals surface area (Å²) in [6.07, 6.45) is 5.13. The third-order valence-corrected chi connectivity index (χ3v) is 4.67. The lowest BCUT2D eigenvalue weighted by molar-refractivity contribution is -0.150. The van der Waals surface area contributed by atoms with Crippen molar-refractivity contribution in [1.82, 2.24) is 0 Å². The highest BCUT2D eigenvalue weighted by Crippen LogP contribution is 2.37. The van der Waals surface area contributed by atoms with Gasteiger partial charge in [0.15, 0.2) is 0 Å². The van der Waals surface area contributed by atoms with E-state index in [-0.39, 0.29) is 36.4 Å². The van der Waals surface area contributed by atoms with Crippen LogP contribution in [0.25, 0.3) is 0 Å². The molecule has 6 heteroatoms. The number of rotatable bonds is 3. The van der Waals surface area contributed by atoms with Gasteiger partial charge >= 0.3 is 17.9 Å². The molecule has 0 N–H and O–H groups in total. The Morgan fingerprint density at radius 3 is 2.64 bits per heavy atom. The number of allylic oxidation sites excluding steroid dienone is 1. The Balaban J connectivity index is 2.34. The number of ether oxygens (including phenoxy) is 3. The number of carbonyl (C=O) groups is 3. The molecular formula is C19H26O6. The maximum Gasteiger partial charge on any atom is 0.309 e. The first-order chi connectivity index (χ1) is 11.8. The molecule has 1 heterocycles. The van der Waals surface area contributed by atoms with Gasteiger partial charge < -0.3 is 14.2 Å². The van der Waals surface area contributed by atoms with Crippen molar-refractivity contribution < 1.29 is 28.6 Å². The minimum absolute atomic E-state index is 0.176. The molecule has 1 saturated heterocycles. The maximum absolute atomic E-state index is 12.1. The topological polar surface area (TPSA) is 78.9 Å². The van der Waals surface area contributed by atoms with Crippen LogP contribution >= 0.6 is 0 Å². The Kier molecular flexibility index (Phi) is 6.39. The lowest BCUT2D eigenvalue weighted by atomic mass is 9.82. The van der Waals surface area contributed by atoms with Gasteiger partial charge in [-0.3, -0.25) is 14.4 Å². The van der Waals surface area contributed by atoms with Crippen molar-refractivity contribution in [1.29, 1.82) is 0 Å². The van der Waals surface area contributed by atoms with Gasteiger partial charge in [-0.25, -0.2) is 0 Å². The number of fused-ring (bicyclic) bond motifs is 1. The zero-order valence-electron chi connectivity index (χ0n) is 15.2. The van der Waals surface area contributed by atoms with Crippen LogP contribution in [0.1, 0.15) is 47.0 Å². The lowest BCUT2D eigenvalue weighted by Gasteiger charge is -2.28. The highest BCUT2D eigenvalue weighted by atomic mass is 16.6. The number of hydrogen-bond acceptors (Lipinski definition) is 6. The van der Waals surface area contributed by atoms with Crippen LogP contribution in [0.3, 0.4) is 0 Å². The Hall–Kier alpha value is -2.11. The molecule has 0 saturated carbocycles. The Morgan fingerprint density at radius 1 is 1.28 bits per heavy atom. The number of esters is 3. The summed E-state index contributed by atoms with van der Waals surface area (Å²) in [5.41, 5.74) is 2.00. The van der Waals surface area contributed by atoms with Crippen LogP contribution in [-0.2, 0) is 28.6 Å². The summed E-state index contributed by atoms with van der Waals surface area (Å²) < 4.78 is 16.2. The van der Waals surface area contributed by atoms with E-state index in [1.807, 2.05) is 13.0 Å². The first-order valence-corrected chi connectivity index (χ1v) is 8.64. The van der Waals surface area contributed by atoms with Crippen LogP contribution in [0.5, 0.6) is 0 Å². The molecule has 0 amide bonds. The first kappa shape index (κ1) is 19.2. The zero-order chi connectivity index (χ0) is 18.6. The molecule has 1 aliphatic heterocycles. The van der Waals surface area contributed by atoms with Crippen molar-refractivity contribution in [3.05, 3.63) is 23.3 Å². The molecule has 2 aliphatic rings. The Bertz CT molecular complexity index is 603. The standard InChI is InChI=1S/C19H26O6/c1-11-6-5-7-15(10-23-13(3)20)9-17-18(12(2)19(22)25-17)16(8-11)24-14(4)21/h6,9,12,16-18H,5,7-8,10H2,1-4H3/b11-6+,15-9-/t12-,16-,17+,18+/m0/s1. The molecule has 1 aliphatic carbocycles. The van der Waals surface area contributed by atoms with Crippen LogP contribution in [0.15, 0.2) is 23.3 Å². The van der Waals surface area contributed by atoms with E-state index in [9.17, 15) is 14.4 Å². The molecule has 0 aromatic heterocycles. The predicted molar refractivity (Wildman–Crippen MR) is 90.4 cm³/mol. The highest BCUT2D eigenvalue weighted by molar-refractivity contribution is 5.75. The number of carbonyl (C=O) groups excluding carboxylic acids is 3. The van der Waals surface area contributed by atoms with Crippen molar-refractivity contribution in [3.63, 3.8) is 0 Å². The van der Waals surface area contributed by atoms with Crippen LogP contribution < -0.4 is 0 Å². The van der Waals surface area contributed by atoms with E-state index in [0.29, 0.717) is 6.42 Å². The largest absolute Gasteiger partial charge is 0.462 e. The van der Waals surface area contributed by atoms with Crippen molar-refractivity contribution in [2.24, 2.45) is 11.8 Å². The lowest BCUT2D eigenvalue weighted by Crippen LogP contribution is -2.35. The smallest absolute Gasteiger partial charge is 0.309 e. The fourth-order valence-corrected chi connectivity index (χ4v) is 3.44. The SMILES string of the molecule is CC(=O)OC/C1=C\[C@H]2OC(=O)[C@@H](C)[C@@H]2[C@@H](OC(C)=O)C/C(C)=C/CC1. The molecule has 4 atom stereocenters. The van der Waals surface area contributed by atoms with Gasteiger partial charge in [0.25, 0.3) is 0 Å². The highest BCUT2D eigenvalue weighted by Gasteiger charge is 2.46. The Morgan fingerprint density at radius 2 is 2.00 bits per heavy atom. The van der Waals surface area contributed by atoms with E-state index in [2.05, 4.69) is 6.08 Å². The maximum atomic E-state index is 12.1. The monoisotopic (exact) mass is 350 g/mol. The van der Waals surface area contributed by atoms with E-state index in [4.69, 9.17) is 14.2 Å². The minimum Gasteiger partial charge on any atom is -0.462 e. The molecule has 138 valence electrons. The summed E-state index contributed by atoms with van der Waals surface area (Å²) in [6.45, 7) is 6.70. The van der Waals surface area contributed by atoms with Crippen molar-refractivity contribution >= 4 is 17.9 Å². The Labute approximate surface area is 148 Å². The van der Waals surface area contributed by atoms with E-state index in [1.165, 1.54) is 13.8 Å². The van der Waals surface area contributed by atoms with Crippen LogP contribution in [0, 0.1) is 11.8 Å². The van der Waals surface area contributed by atoms with Gasteiger partial charge in [-0.2, -0.15) is 0 Å². The fourth-order valence-electron chi connectivity index (χ4n) is 3.44. The molecule has 2 rings (SSSR count). The quantitative estimate of drug-likeness (QED) is 0.442. The summed E-state index contributed by atoms with van der Waals surface area (Å²) in [7, 11) is 0. The van der Waals surface area contributed by atoms with Gasteiger partial charge in [-0.15, -0.1) is 0 Å². The number of hydrogen-bond donors (Lipinski definition) is 0. The molecule has 0 aromatic carbocycles. The molecule has 1 fully saturated rings. The van der Waals surface area contributed by atoms with Gasteiger partial charge in [-0.1, -0.05) is 18.6 Å². The van der Waals surface area contributed by atoms with Gasteiger partial charge in [0.1, 0.15) is 18.8 Å². The average Bonchev–Trinajstić information content (AvgIpc) is 2.77. The molecule has 0 bridgehead atoms. The van der Waals surface area contributed by atoms with Crippen molar-refractivity contribution in [2.75, 3.05) is 6.61 Å². The molecule has 25 heavy (non-hydrogen) atoms. The summed E-state index contributed by atoms with van der Waals surface area (Å²) in [4.78, 5) is 34.8. The summed E-state index contributed by atoms with van der Waals surface area (Å²) in [5, 5.41) is 0. The molecule has 0 radical (unpaired) electrons. The van der Waals surface area contributed by atoms with Gasteiger partial charge in [0.2, 0.25) is 0 Å². The van der Waals surface area contributed by atoms with E-state index in [0.717, 1.165) is 24.0 Å². The fraction of sp³-hybridized carbons (Fsp3) is 0.632. The summed E-state index contributed by atoms with van der Waals surface area (Å²) >= 11 is 0. The second-order valence-electron chi connectivity index (χ2n) is 6.81. The second-order valence-corrected chi connectivity index (χ2v) is 6.81. The molecular weight excluding hydrogens is 324 g/mol. The minimum atomic E-state index is -0.483. The first-order valence-electron chi connectivity index (χ1n) is 8.64. The predicted octanol–water partition coefficient (Wildman–Crippen LogP) is 2.72. The zero-order valence-corrected chi connectivity index (χ0v) is 15.2. The summed E-state index contributed by atoms with van der Waals surface area (Å²) in [6, 6.07) is 0. The average molecular weight is 350 g/mol. The van der Waals surface area contributed by atoms with E-state index in [1.54, 1.807) is 6.92 Å². The van der Waals surface area contributed by atoms with Crippen molar-refractivity contribution in [3.8, 4) is 0 Å². The van der Waals surface area contributed by atoms with Crippen LogP contribution in [-0.4, -0.2) is 36.7 Å². The second kappa shape index (κ2) is 8.32. The third-order valence-electron chi connectivity index (χ3n) is 4.67. The normalized spacial score (nSPS) is 33.8. The van der Waals surface area contributed by atoms with Crippen LogP contribution in [0.2, 0.25) is 0 Å². The summed E-state index contributed by atoms with van der Waals surface area (Å²) in [5.74, 6) is -1.64. The van der Waals surface area contributed by atoms with Gasteiger partial charge in [0.05, 0.1) is 11.8 Å². The van der Waals surface area contributed by atoms with Crippen LogP contribution in [0.4, 0.5) is 0 Å². The van der Waals surface area contributed by atoms with Gasteiger partial charge in [0, 0.05) is 20.3 Å². The molecule has 0 aromatic rings. The van der Waals surface area contributed by atoms with Crippen molar-refractivity contribution in [2.45, 2.75) is 59.2 Å². The van der Waals surface area contributed by atoms with E-state index < -0.39 is 12.2 Å². The molecule has 6 nitrogen and oxygen atoms in total. The third kappa shape index (κ3) is 5.18. The molecule has 0 spiro atoms. The van der Waals surface area contributed by atoms with Gasteiger partial charge in [-0.05, 0) is 31.4 Å².